The van der Waals surface area contributed by atoms with Crippen LogP contribution in [0, 0.1) is 11.6 Å². The maximum Gasteiger partial charge on any atom is 0.267 e. The second kappa shape index (κ2) is 10.4. The summed E-state index contributed by atoms with van der Waals surface area (Å²) in [7, 11) is 3.27. The molecule has 0 saturated carbocycles. The number of phenolic OH excluding ortho intramolecular Hbond substituents is 1. The van der Waals surface area contributed by atoms with Crippen LogP contribution >= 0.6 is 0 Å². The molecule has 2 aromatic heterocycles. The number of nitrogens with one attached hydrogen (secondary N) is 1. The van der Waals surface area contributed by atoms with Gasteiger partial charge in [0.05, 0.1) is 18.2 Å². The second-order valence-electron chi connectivity index (χ2n) is 9.45. The van der Waals surface area contributed by atoms with Crippen molar-refractivity contribution in [3.8, 4) is 28.3 Å². The minimum absolute atomic E-state index is 0.0640. The van der Waals surface area contributed by atoms with Crippen LogP contribution in [0.3, 0.4) is 0 Å². The number of halogens is 3. The summed E-state index contributed by atoms with van der Waals surface area (Å²) >= 11 is 0. The van der Waals surface area contributed by atoms with Crippen molar-refractivity contribution in [3.05, 3.63) is 76.5 Å². The van der Waals surface area contributed by atoms with Gasteiger partial charge in [-0.1, -0.05) is 0 Å². The van der Waals surface area contributed by atoms with E-state index in [4.69, 9.17) is 4.74 Å². The van der Waals surface area contributed by atoms with E-state index in [-0.39, 0.29) is 35.1 Å². The molecule has 3 heterocycles. The van der Waals surface area contributed by atoms with Crippen LogP contribution in [0.4, 0.5) is 13.2 Å². The van der Waals surface area contributed by atoms with Crippen LogP contribution in [0.2, 0.25) is 0 Å². The number of phenols is 1. The molecule has 1 fully saturated rings. The second-order valence-corrected chi connectivity index (χ2v) is 9.45. The van der Waals surface area contributed by atoms with Crippen LogP contribution < -0.4 is 15.6 Å². The fraction of sp³-hybridized carbons (Fsp3) is 0.296. The van der Waals surface area contributed by atoms with Crippen molar-refractivity contribution < 1.29 is 23.0 Å². The summed E-state index contributed by atoms with van der Waals surface area (Å²) < 4.78 is 48.6. The molecular formula is C27H26F3N5O3. The number of hydrogen-bond donors (Lipinski definition) is 2. The minimum atomic E-state index is -0.912. The Bertz CT molecular complexity index is 1540. The number of hydrogen-bond acceptors (Lipinski definition) is 7. The van der Waals surface area contributed by atoms with Gasteiger partial charge in [-0.25, -0.2) is 23.1 Å². The Morgan fingerprint density at radius 1 is 1.16 bits per heavy atom. The van der Waals surface area contributed by atoms with Crippen LogP contribution in [0.25, 0.3) is 27.8 Å². The monoisotopic (exact) mass is 525 g/mol. The minimum Gasteiger partial charge on any atom is -0.508 e. The third-order valence-electron chi connectivity index (χ3n) is 6.59. The first-order valence-corrected chi connectivity index (χ1v) is 12.0. The normalized spacial score (nSPS) is 17.4. The Morgan fingerprint density at radius 2 is 1.95 bits per heavy atom. The molecule has 5 rings (SSSR count). The molecule has 1 unspecified atom stereocenters. The molecule has 0 amide bonds. The topological polar surface area (TPSA) is 92.5 Å². The zero-order chi connectivity index (χ0) is 27.0. The van der Waals surface area contributed by atoms with E-state index in [1.165, 1.54) is 37.8 Å². The largest absolute Gasteiger partial charge is 0.508 e. The van der Waals surface area contributed by atoms with Gasteiger partial charge >= 0.3 is 0 Å². The predicted molar refractivity (Wildman–Crippen MR) is 136 cm³/mol. The average molecular weight is 526 g/mol. The summed E-state index contributed by atoms with van der Waals surface area (Å²) in [5, 5.41) is 13.2. The molecule has 0 spiro atoms. The zero-order valence-electron chi connectivity index (χ0n) is 20.8. The van der Waals surface area contributed by atoms with Crippen molar-refractivity contribution >= 4 is 11.0 Å². The highest BCUT2D eigenvalue weighted by Crippen LogP contribution is 2.31. The van der Waals surface area contributed by atoms with Crippen molar-refractivity contribution in [2.75, 3.05) is 27.2 Å². The molecule has 0 aliphatic carbocycles. The van der Waals surface area contributed by atoms with Gasteiger partial charge in [0.2, 0.25) is 0 Å². The average Bonchev–Trinajstić information content (AvgIpc) is 3.27. The molecule has 1 aliphatic rings. The van der Waals surface area contributed by atoms with Gasteiger partial charge in [-0.05, 0) is 42.8 Å². The van der Waals surface area contributed by atoms with E-state index < -0.39 is 23.4 Å². The van der Waals surface area contributed by atoms with Gasteiger partial charge in [0.15, 0.2) is 5.65 Å². The molecule has 11 heteroatoms. The zero-order valence-corrected chi connectivity index (χ0v) is 20.8. The number of fused-ring (bicyclic) bond motifs is 1. The number of alkyl halides is 1. The van der Waals surface area contributed by atoms with Crippen molar-refractivity contribution in [3.63, 3.8) is 0 Å². The number of aromatic nitrogens is 3. The molecule has 198 valence electrons. The first kappa shape index (κ1) is 25.7. The molecule has 2 aromatic carbocycles. The highest BCUT2D eigenvalue weighted by molar-refractivity contribution is 5.86. The molecule has 1 aliphatic heterocycles. The van der Waals surface area contributed by atoms with E-state index in [9.17, 15) is 23.1 Å². The number of ether oxygens (including phenoxy) is 1. The van der Waals surface area contributed by atoms with E-state index >= 15 is 0 Å². The Hall–Kier alpha value is -3.96. The van der Waals surface area contributed by atoms with Crippen molar-refractivity contribution in [1.82, 2.24) is 24.8 Å². The third kappa shape index (κ3) is 5.20. The third-order valence-corrected chi connectivity index (χ3v) is 6.59. The number of benzene rings is 2. The summed E-state index contributed by atoms with van der Waals surface area (Å²) in [5.41, 5.74) is 1.16. The van der Waals surface area contributed by atoms with Gasteiger partial charge in [0, 0.05) is 55.6 Å². The Kier molecular flexibility index (Phi) is 7.04. The number of rotatable bonds is 7. The van der Waals surface area contributed by atoms with E-state index in [1.54, 1.807) is 6.07 Å². The Morgan fingerprint density at radius 3 is 2.66 bits per heavy atom. The maximum absolute atomic E-state index is 14.5. The van der Waals surface area contributed by atoms with Crippen LogP contribution in [0.15, 0.2) is 53.7 Å². The summed E-state index contributed by atoms with van der Waals surface area (Å²) in [5.74, 6) is -1.30. The van der Waals surface area contributed by atoms with Crippen molar-refractivity contribution in [2.45, 2.75) is 25.2 Å². The molecular weight excluding hydrogens is 499 g/mol. The molecule has 38 heavy (non-hydrogen) atoms. The lowest BCUT2D eigenvalue weighted by molar-refractivity contribution is 0.285. The van der Waals surface area contributed by atoms with Gasteiger partial charge in [-0.15, -0.1) is 0 Å². The smallest absolute Gasteiger partial charge is 0.267 e. The van der Waals surface area contributed by atoms with Crippen LogP contribution in [-0.2, 0) is 6.54 Å². The number of methoxy groups -OCH3 is 1. The number of pyridine rings is 1. The highest BCUT2D eigenvalue weighted by atomic mass is 19.1. The standard InChI is InChI=1S/C27H26F3N5O3/c1-34(12-19-5-18(30)10-31-19)13-24-23(15-3-16(28)8-22(4-15)38-2)11-32-26-25(24)27(37)35(14-33-26)20-6-17(29)7-21(36)9-20/h3-4,6-9,11,14,18-19,31,36H,5,10,12-13H2,1-2H3/t18?,19-/m0/s1. The Balaban J connectivity index is 1.69. The lowest BCUT2D eigenvalue weighted by Gasteiger charge is -2.23. The van der Waals surface area contributed by atoms with Gasteiger partial charge in [-0.2, -0.15) is 0 Å². The summed E-state index contributed by atoms with van der Waals surface area (Å²) in [4.78, 5) is 24.4. The number of aromatic hydroxyl groups is 1. The molecule has 2 atom stereocenters. The molecule has 0 radical (unpaired) electrons. The molecule has 2 N–H and O–H groups in total. The fourth-order valence-electron chi connectivity index (χ4n) is 4.90. The van der Waals surface area contributed by atoms with Gasteiger partial charge < -0.3 is 20.1 Å². The van der Waals surface area contributed by atoms with Crippen molar-refractivity contribution in [1.29, 1.82) is 0 Å². The van der Waals surface area contributed by atoms with Gasteiger partial charge in [-0.3, -0.25) is 9.36 Å². The summed E-state index contributed by atoms with van der Waals surface area (Å²) in [6, 6.07) is 7.42. The maximum atomic E-state index is 14.5. The van der Waals surface area contributed by atoms with Crippen LogP contribution in [-0.4, -0.2) is 64.0 Å². The SMILES string of the molecule is COc1cc(F)cc(-c2cnc3ncn(-c4cc(O)cc(F)c4)c(=O)c3c2CN(C)C[C@@H]2CC(F)CN2)c1. The van der Waals surface area contributed by atoms with Gasteiger partial charge in [0.1, 0.15) is 35.6 Å². The lowest BCUT2D eigenvalue weighted by Crippen LogP contribution is -2.35. The molecule has 0 bridgehead atoms. The fourth-order valence-corrected chi connectivity index (χ4v) is 4.90. The first-order valence-electron chi connectivity index (χ1n) is 12.0. The first-order chi connectivity index (χ1) is 18.2. The van der Waals surface area contributed by atoms with E-state index in [2.05, 4.69) is 15.3 Å². The van der Waals surface area contributed by atoms with E-state index in [1.807, 2.05) is 11.9 Å². The number of likely N-dealkylation sites (N-methyl/N-ethyl adjacent to an activating group) is 1. The lowest BCUT2D eigenvalue weighted by atomic mass is 9.98. The highest BCUT2D eigenvalue weighted by Gasteiger charge is 2.26. The predicted octanol–water partition coefficient (Wildman–Crippen LogP) is 3.57. The molecule has 4 aromatic rings. The summed E-state index contributed by atoms with van der Waals surface area (Å²) in [6.07, 6.45) is 2.21. The van der Waals surface area contributed by atoms with Crippen molar-refractivity contribution in [2.24, 2.45) is 0 Å². The van der Waals surface area contributed by atoms with Crippen LogP contribution in [0.5, 0.6) is 11.5 Å². The Labute approximate surface area is 216 Å². The van der Waals surface area contributed by atoms with Crippen LogP contribution in [0.1, 0.15) is 12.0 Å². The van der Waals surface area contributed by atoms with E-state index in [0.29, 0.717) is 42.0 Å². The summed E-state index contributed by atoms with van der Waals surface area (Å²) in [6.45, 7) is 1.03. The van der Waals surface area contributed by atoms with E-state index in [0.717, 1.165) is 16.7 Å². The quantitative estimate of drug-likeness (QED) is 0.381. The van der Waals surface area contributed by atoms with Gasteiger partial charge in [0.25, 0.3) is 5.56 Å². The number of nitrogens with zero attached hydrogens (tertiary/aromatic N) is 4. The molecule has 1 saturated heterocycles. The molecule has 8 nitrogen and oxygen atoms in total.